The molecule has 5 N–H and O–H groups in total. The van der Waals surface area contributed by atoms with Gasteiger partial charge in [0.15, 0.2) is 11.5 Å². The summed E-state index contributed by atoms with van der Waals surface area (Å²) in [7, 11) is 3.28. The highest BCUT2D eigenvalue weighted by Gasteiger charge is 2.22. The Morgan fingerprint density at radius 3 is 2.31 bits per heavy atom. The molecule has 0 aliphatic heterocycles. The Bertz CT molecular complexity index is 1350. The van der Waals surface area contributed by atoms with Crippen LogP contribution >= 0.6 is 11.6 Å². The van der Waals surface area contributed by atoms with Gasteiger partial charge in [-0.2, -0.15) is 0 Å². The van der Waals surface area contributed by atoms with Gasteiger partial charge in [-0.05, 0) is 72.6 Å². The topological polar surface area (TPSA) is 132 Å². The Kier molecular flexibility index (Phi) is 13.1. The second kappa shape index (κ2) is 16.5. The van der Waals surface area contributed by atoms with Crippen LogP contribution in [-0.4, -0.2) is 57.8 Å². The lowest BCUT2D eigenvalue weighted by Gasteiger charge is -2.22. The molecule has 0 saturated carbocycles. The number of hydrogen-bond donors (Lipinski definition) is 4. The minimum Gasteiger partial charge on any atom is -0.493 e. The van der Waals surface area contributed by atoms with Crippen LogP contribution in [0.2, 0.25) is 5.02 Å². The van der Waals surface area contributed by atoms with Gasteiger partial charge in [-0.3, -0.25) is 9.59 Å². The van der Waals surface area contributed by atoms with Crippen LogP contribution < -0.4 is 36.7 Å². The summed E-state index contributed by atoms with van der Waals surface area (Å²) in [5.41, 5.74) is 8.43. The van der Waals surface area contributed by atoms with Crippen molar-refractivity contribution in [2.45, 2.75) is 58.1 Å². The van der Waals surface area contributed by atoms with E-state index in [0.717, 1.165) is 29.5 Å². The smallest absolute Gasteiger partial charge is 0.253 e. The van der Waals surface area contributed by atoms with E-state index in [4.69, 9.17) is 31.5 Å². The highest BCUT2D eigenvalue weighted by Crippen LogP contribution is 2.30. The number of anilines is 2. The fourth-order valence-electron chi connectivity index (χ4n) is 4.67. The first-order chi connectivity index (χ1) is 20.1. The van der Waals surface area contributed by atoms with Crippen molar-refractivity contribution in [1.29, 1.82) is 0 Å². The molecule has 0 spiro atoms. The van der Waals surface area contributed by atoms with Gasteiger partial charge in [0.25, 0.3) is 10.9 Å². The number of halogens is 1. The predicted molar refractivity (Wildman–Crippen MR) is 169 cm³/mol. The van der Waals surface area contributed by atoms with Crippen LogP contribution in [-0.2, 0) is 17.6 Å². The maximum Gasteiger partial charge on any atom is 0.253 e. The van der Waals surface area contributed by atoms with Crippen molar-refractivity contribution in [2.24, 2.45) is 11.7 Å². The molecule has 0 aromatic heterocycles. The van der Waals surface area contributed by atoms with Crippen molar-refractivity contribution >= 4 is 23.0 Å². The lowest BCUT2D eigenvalue weighted by molar-refractivity contribution is 0.149. The van der Waals surface area contributed by atoms with Gasteiger partial charge in [-0.1, -0.05) is 37.6 Å². The SMILES string of the molecule is COCCCOc1cc(Cc2cc(Cl)cc(CCNc3c(NC[C@H](O)[C@@H](N)CCC(C)C)c(=O)c3=O)c2)ccc1OC. The molecule has 0 bridgehead atoms. The molecule has 42 heavy (non-hydrogen) atoms. The molecule has 0 radical (unpaired) electrons. The molecule has 0 saturated heterocycles. The lowest BCUT2D eigenvalue weighted by atomic mass is 10.00. The second-order valence-corrected chi connectivity index (χ2v) is 11.4. The van der Waals surface area contributed by atoms with Gasteiger partial charge < -0.3 is 35.7 Å². The monoisotopic (exact) mass is 601 g/mol. The molecule has 2 atom stereocenters. The average Bonchev–Trinajstić information content (AvgIpc) is 2.96. The minimum atomic E-state index is -0.824. The third-order valence-corrected chi connectivity index (χ3v) is 7.31. The first-order valence-electron chi connectivity index (χ1n) is 14.4. The van der Waals surface area contributed by atoms with E-state index in [9.17, 15) is 14.7 Å². The number of ether oxygens (including phenoxy) is 3. The molecule has 9 nitrogen and oxygen atoms in total. The standard InChI is InChI=1S/C32H44ClN3O6/c1-20(2)6-8-25(34)26(37)19-36-30-29(31(38)32(30)39)35-11-10-22-15-23(17-24(33)16-22)14-21-7-9-27(41-4)28(18-21)42-13-5-12-40-3/h7,9,15-18,20,25-26,35-37H,5-6,8,10-14,19,34H2,1-4H3/t25-,26-/m0/s1. The van der Waals surface area contributed by atoms with Crippen molar-refractivity contribution in [3.8, 4) is 11.5 Å². The molecule has 10 heteroatoms. The van der Waals surface area contributed by atoms with E-state index in [0.29, 0.717) is 61.5 Å². The third kappa shape index (κ3) is 9.73. The number of benzene rings is 2. The summed E-state index contributed by atoms with van der Waals surface area (Å²) in [6.07, 6.45) is 2.77. The predicted octanol–water partition coefficient (Wildman–Crippen LogP) is 4.14. The van der Waals surface area contributed by atoms with Crippen molar-refractivity contribution in [3.63, 3.8) is 0 Å². The van der Waals surface area contributed by atoms with Crippen molar-refractivity contribution in [1.82, 2.24) is 0 Å². The van der Waals surface area contributed by atoms with E-state index in [1.54, 1.807) is 14.2 Å². The summed E-state index contributed by atoms with van der Waals surface area (Å²) in [5, 5.41) is 17.0. The Balaban J connectivity index is 1.58. The van der Waals surface area contributed by atoms with Crippen molar-refractivity contribution in [2.75, 3.05) is 51.2 Å². The minimum absolute atomic E-state index is 0.0989. The van der Waals surface area contributed by atoms with Crippen LogP contribution in [0.15, 0.2) is 46.0 Å². The summed E-state index contributed by atoms with van der Waals surface area (Å²) in [4.78, 5) is 24.4. The largest absolute Gasteiger partial charge is 0.493 e. The highest BCUT2D eigenvalue weighted by atomic mass is 35.5. The number of hydrogen-bond acceptors (Lipinski definition) is 9. The molecular formula is C32H44ClN3O6. The fraction of sp³-hybridized carbons (Fsp3) is 0.500. The summed E-state index contributed by atoms with van der Waals surface area (Å²) >= 11 is 6.45. The molecule has 3 aromatic rings. The van der Waals surface area contributed by atoms with Gasteiger partial charge in [-0.15, -0.1) is 0 Å². The molecule has 0 heterocycles. The zero-order chi connectivity index (χ0) is 30.6. The summed E-state index contributed by atoms with van der Waals surface area (Å²) in [6, 6.07) is 11.4. The molecule has 0 aliphatic rings. The Morgan fingerprint density at radius 1 is 0.905 bits per heavy atom. The number of aliphatic hydroxyl groups is 1. The average molecular weight is 602 g/mol. The normalized spacial score (nSPS) is 12.9. The van der Waals surface area contributed by atoms with Gasteiger partial charge in [0, 0.05) is 44.3 Å². The van der Waals surface area contributed by atoms with Crippen LogP contribution in [0, 0.1) is 5.92 Å². The first kappa shape index (κ1) is 33.4. The molecule has 3 rings (SSSR count). The second-order valence-electron chi connectivity index (χ2n) is 11.0. The Morgan fingerprint density at radius 2 is 1.62 bits per heavy atom. The zero-order valence-electron chi connectivity index (χ0n) is 25.0. The van der Waals surface area contributed by atoms with Crippen LogP contribution in [0.1, 0.15) is 49.8 Å². The van der Waals surface area contributed by atoms with Crippen LogP contribution in [0.5, 0.6) is 11.5 Å². The van der Waals surface area contributed by atoms with Crippen LogP contribution in [0.25, 0.3) is 0 Å². The van der Waals surface area contributed by atoms with Crippen LogP contribution in [0.4, 0.5) is 11.4 Å². The van der Waals surface area contributed by atoms with E-state index < -0.39 is 23.0 Å². The number of methoxy groups -OCH3 is 2. The summed E-state index contributed by atoms with van der Waals surface area (Å²) < 4.78 is 16.4. The third-order valence-electron chi connectivity index (χ3n) is 7.09. The van der Waals surface area contributed by atoms with Gasteiger partial charge >= 0.3 is 0 Å². The van der Waals surface area contributed by atoms with Crippen LogP contribution in [0.3, 0.4) is 0 Å². The maximum absolute atomic E-state index is 12.2. The lowest BCUT2D eigenvalue weighted by Crippen LogP contribution is -2.43. The number of aliphatic hydroxyl groups excluding tert-OH is 1. The van der Waals surface area contributed by atoms with E-state index in [2.05, 4.69) is 30.5 Å². The number of nitrogens with two attached hydrogens (primary N) is 1. The van der Waals surface area contributed by atoms with E-state index in [-0.39, 0.29) is 17.9 Å². The van der Waals surface area contributed by atoms with E-state index >= 15 is 0 Å². The van der Waals surface area contributed by atoms with Gasteiger partial charge in [0.1, 0.15) is 11.4 Å². The fourth-order valence-corrected chi connectivity index (χ4v) is 4.95. The van der Waals surface area contributed by atoms with Crippen molar-refractivity contribution in [3.05, 3.63) is 78.6 Å². The molecule has 0 amide bonds. The Hall–Kier alpha value is -3.11. The van der Waals surface area contributed by atoms with E-state index in [1.807, 2.05) is 30.3 Å². The Labute approximate surface area is 253 Å². The molecule has 3 aromatic carbocycles. The van der Waals surface area contributed by atoms with Crippen molar-refractivity contribution < 1.29 is 19.3 Å². The van der Waals surface area contributed by atoms with Gasteiger partial charge in [0.05, 0.1) is 19.8 Å². The van der Waals surface area contributed by atoms with Gasteiger partial charge in [-0.25, -0.2) is 0 Å². The molecule has 0 unspecified atom stereocenters. The molecular weight excluding hydrogens is 558 g/mol. The molecule has 230 valence electrons. The quantitative estimate of drug-likeness (QED) is 0.118. The molecule has 0 aliphatic carbocycles. The van der Waals surface area contributed by atoms with Gasteiger partial charge in [0.2, 0.25) is 0 Å². The first-order valence-corrected chi connectivity index (χ1v) is 14.8. The summed E-state index contributed by atoms with van der Waals surface area (Å²) in [5.74, 6) is 1.84. The maximum atomic E-state index is 12.2. The van der Waals surface area contributed by atoms with E-state index in [1.165, 1.54) is 0 Å². The number of rotatable bonds is 19. The molecule has 0 fully saturated rings. The summed E-state index contributed by atoms with van der Waals surface area (Å²) in [6.45, 7) is 5.87. The number of nitrogens with one attached hydrogen (secondary N) is 2. The highest BCUT2D eigenvalue weighted by molar-refractivity contribution is 6.30. The zero-order valence-corrected chi connectivity index (χ0v) is 25.8.